The highest BCUT2D eigenvalue weighted by molar-refractivity contribution is 5.74. The number of aldehydes is 1. The van der Waals surface area contributed by atoms with Crippen molar-refractivity contribution in [3.8, 4) is 0 Å². The Kier molecular flexibility index (Phi) is 5.79. The van der Waals surface area contributed by atoms with Gasteiger partial charge in [0.2, 0.25) is 0 Å². The van der Waals surface area contributed by atoms with E-state index in [0.717, 1.165) is 44.3 Å². The maximum atomic E-state index is 10.6. The molecule has 0 bridgehead atoms. The summed E-state index contributed by atoms with van der Waals surface area (Å²) in [4.78, 5) is 13.0. The summed E-state index contributed by atoms with van der Waals surface area (Å²) < 4.78 is 0. The van der Waals surface area contributed by atoms with Gasteiger partial charge in [0, 0.05) is 5.56 Å². The molecule has 0 fully saturated rings. The molecule has 0 spiro atoms. The normalized spacial score (nSPS) is 10.7. The molecule has 0 atom stereocenters. The van der Waals surface area contributed by atoms with E-state index in [0.29, 0.717) is 0 Å². The van der Waals surface area contributed by atoms with Crippen LogP contribution in [0.4, 0.5) is 0 Å². The Morgan fingerprint density at radius 1 is 1.25 bits per heavy atom. The van der Waals surface area contributed by atoms with E-state index in [-0.39, 0.29) is 0 Å². The highest BCUT2D eigenvalue weighted by Crippen LogP contribution is 2.06. The number of nitrogens with zero attached hydrogens (tertiary/aromatic N) is 1. The molecule has 0 heterocycles. The Labute approximate surface area is 98.3 Å². The van der Waals surface area contributed by atoms with Crippen molar-refractivity contribution < 1.29 is 4.79 Å². The van der Waals surface area contributed by atoms with Gasteiger partial charge in [0.15, 0.2) is 0 Å². The predicted octanol–water partition coefficient (Wildman–Crippen LogP) is 2.77. The molecule has 0 aliphatic heterocycles. The predicted molar refractivity (Wildman–Crippen MR) is 67.9 cm³/mol. The van der Waals surface area contributed by atoms with Crippen molar-refractivity contribution in [1.82, 2.24) is 4.90 Å². The molecule has 1 aromatic rings. The minimum absolute atomic E-state index is 0.778. The molecule has 0 N–H and O–H groups in total. The topological polar surface area (TPSA) is 20.3 Å². The van der Waals surface area contributed by atoms with E-state index in [4.69, 9.17) is 0 Å². The van der Waals surface area contributed by atoms with Crippen LogP contribution < -0.4 is 0 Å². The molecule has 0 aliphatic carbocycles. The Bertz CT molecular complexity index is 318. The largest absolute Gasteiger partial charge is 0.304 e. The summed E-state index contributed by atoms with van der Waals surface area (Å²) in [5.41, 5.74) is 2.04. The fraction of sp³-hybridized carbons (Fsp3) is 0.500. The average molecular weight is 219 g/mol. The van der Waals surface area contributed by atoms with Gasteiger partial charge in [-0.05, 0) is 44.1 Å². The Balaban J connectivity index is 2.39. The number of carbonyl (C=O) groups excluding carboxylic acids is 1. The summed E-state index contributed by atoms with van der Waals surface area (Å²) in [7, 11) is 0. The van der Waals surface area contributed by atoms with Crippen LogP contribution in [0.3, 0.4) is 0 Å². The zero-order chi connectivity index (χ0) is 11.8. The molecule has 88 valence electrons. The second-order valence-corrected chi connectivity index (χ2v) is 3.99. The van der Waals surface area contributed by atoms with E-state index in [1.807, 2.05) is 18.2 Å². The molecule has 16 heavy (non-hydrogen) atoms. The van der Waals surface area contributed by atoms with Gasteiger partial charge in [-0.1, -0.05) is 32.0 Å². The van der Waals surface area contributed by atoms with Crippen molar-refractivity contribution >= 4 is 6.29 Å². The molecular weight excluding hydrogens is 198 g/mol. The first-order valence-electron chi connectivity index (χ1n) is 6.06. The third-order valence-electron chi connectivity index (χ3n) is 2.92. The molecule has 1 aromatic carbocycles. The fourth-order valence-corrected chi connectivity index (χ4v) is 1.87. The van der Waals surface area contributed by atoms with Gasteiger partial charge < -0.3 is 4.90 Å². The third-order valence-corrected chi connectivity index (χ3v) is 2.92. The smallest absolute Gasteiger partial charge is 0.150 e. The molecule has 0 amide bonds. The van der Waals surface area contributed by atoms with E-state index in [2.05, 4.69) is 24.8 Å². The van der Waals surface area contributed by atoms with Gasteiger partial charge in [-0.3, -0.25) is 4.79 Å². The standard InChI is InChI=1S/C14H21NO/c1-3-15(4-2)10-6-9-13-7-5-8-14(11-13)12-16/h5,7-8,11-12H,3-4,6,9-10H2,1-2H3. The lowest BCUT2D eigenvalue weighted by Crippen LogP contribution is -2.24. The lowest BCUT2D eigenvalue weighted by Gasteiger charge is -2.17. The Hall–Kier alpha value is -1.15. The van der Waals surface area contributed by atoms with Crippen LogP contribution in [0.5, 0.6) is 0 Å². The molecule has 0 aliphatic rings. The molecule has 0 radical (unpaired) electrons. The van der Waals surface area contributed by atoms with Crippen LogP contribution in [-0.4, -0.2) is 30.8 Å². The van der Waals surface area contributed by atoms with Crippen molar-refractivity contribution in [1.29, 1.82) is 0 Å². The zero-order valence-corrected chi connectivity index (χ0v) is 10.3. The summed E-state index contributed by atoms with van der Waals surface area (Å²) >= 11 is 0. The monoisotopic (exact) mass is 219 g/mol. The van der Waals surface area contributed by atoms with Gasteiger partial charge in [-0.15, -0.1) is 0 Å². The Morgan fingerprint density at radius 3 is 2.62 bits per heavy atom. The number of rotatable bonds is 7. The molecule has 0 aromatic heterocycles. The molecule has 2 heteroatoms. The molecular formula is C14H21NO. The number of hydrogen-bond acceptors (Lipinski definition) is 2. The van der Waals surface area contributed by atoms with Crippen molar-refractivity contribution in [3.05, 3.63) is 35.4 Å². The summed E-state index contributed by atoms with van der Waals surface area (Å²) in [5.74, 6) is 0. The SMILES string of the molecule is CCN(CC)CCCc1cccc(C=O)c1. The van der Waals surface area contributed by atoms with Crippen molar-refractivity contribution in [2.24, 2.45) is 0 Å². The van der Waals surface area contributed by atoms with Crippen LogP contribution in [0.2, 0.25) is 0 Å². The molecule has 0 saturated carbocycles. The van der Waals surface area contributed by atoms with Gasteiger partial charge in [0.25, 0.3) is 0 Å². The minimum atomic E-state index is 0.778. The van der Waals surface area contributed by atoms with Gasteiger partial charge in [-0.25, -0.2) is 0 Å². The van der Waals surface area contributed by atoms with Crippen LogP contribution in [-0.2, 0) is 6.42 Å². The lowest BCUT2D eigenvalue weighted by molar-refractivity contribution is 0.112. The summed E-state index contributed by atoms with van der Waals surface area (Å²) in [6.07, 6.45) is 3.12. The summed E-state index contributed by atoms with van der Waals surface area (Å²) in [6.45, 7) is 7.75. The first-order valence-corrected chi connectivity index (χ1v) is 6.06. The van der Waals surface area contributed by atoms with Gasteiger partial charge in [-0.2, -0.15) is 0 Å². The minimum Gasteiger partial charge on any atom is -0.304 e. The number of benzene rings is 1. The number of carbonyl (C=O) groups is 1. The number of aryl methyl sites for hydroxylation is 1. The van der Waals surface area contributed by atoms with Crippen molar-refractivity contribution in [2.75, 3.05) is 19.6 Å². The Morgan fingerprint density at radius 2 is 2.00 bits per heavy atom. The van der Waals surface area contributed by atoms with E-state index in [1.165, 1.54) is 5.56 Å². The van der Waals surface area contributed by atoms with E-state index < -0.39 is 0 Å². The van der Waals surface area contributed by atoms with Crippen LogP contribution in [0.15, 0.2) is 24.3 Å². The highest BCUT2D eigenvalue weighted by atomic mass is 16.1. The van der Waals surface area contributed by atoms with E-state index >= 15 is 0 Å². The van der Waals surface area contributed by atoms with Gasteiger partial charge in [0.1, 0.15) is 6.29 Å². The first kappa shape index (κ1) is 12.9. The number of hydrogen-bond donors (Lipinski definition) is 0. The molecule has 1 rings (SSSR count). The second-order valence-electron chi connectivity index (χ2n) is 3.99. The van der Waals surface area contributed by atoms with Crippen LogP contribution in [0.1, 0.15) is 36.2 Å². The van der Waals surface area contributed by atoms with Crippen LogP contribution in [0.25, 0.3) is 0 Å². The fourth-order valence-electron chi connectivity index (χ4n) is 1.87. The van der Waals surface area contributed by atoms with E-state index in [1.54, 1.807) is 0 Å². The second kappa shape index (κ2) is 7.18. The van der Waals surface area contributed by atoms with E-state index in [9.17, 15) is 4.79 Å². The summed E-state index contributed by atoms with van der Waals surface area (Å²) in [6, 6.07) is 7.88. The van der Waals surface area contributed by atoms with Crippen LogP contribution >= 0.6 is 0 Å². The lowest BCUT2D eigenvalue weighted by atomic mass is 10.1. The first-order chi connectivity index (χ1) is 7.80. The van der Waals surface area contributed by atoms with Crippen molar-refractivity contribution in [2.45, 2.75) is 26.7 Å². The van der Waals surface area contributed by atoms with Crippen LogP contribution in [0, 0.1) is 0 Å². The molecule has 0 unspecified atom stereocenters. The zero-order valence-electron chi connectivity index (χ0n) is 10.3. The maximum absolute atomic E-state index is 10.6. The quantitative estimate of drug-likeness (QED) is 0.657. The summed E-state index contributed by atoms with van der Waals surface area (Å²) in [5, 5.41) is 0. The van der Waals surface area contributed by atoms with Gasteiger partial charge in [0.05, 0.1) is 0 Å². The molecule has 0 saturated heterocycles. The third kappa shape index (κ3) is 4.15. The van der Waals surface area contributed by atoms with Gasteiger partial charge >= 0.3 is 0 Å². The van der Waals surface area contributed by atoms with Crippen molar-refractivity contribution in [3.63, 3.8) is 0 Å². The average Bonchev–Trinajstić information content (AvgIpc) is 2.35. The maximum Gasteiger partial charge on any atom is 0.150 e. The molecule has 2 nitrogen and oxygen atoms in total. The highest BCUT2D eigenvalue weighted by Gasteiger charge is 1.99.